The van der Waals surface area contributed by atoms with Gasteiger partial charge in [-0.05, 0) is 24.0 Å². The molecule has 152 valence electrons. The van der Waals surface area contributed by atoms with Gasteiger partial charge in [0.2, 0.25) is 0 Å². The van der Waals surface area contributed by atoms with Crippen LogP contribution in [-0.2, 0) is 4.74 Å². The molecule has 0 aliphatic heterocycles. The average molecular weight is 393 g/mol. The van der Waals surface area contributed by atoms with Crippen LogP contribution in [0.3, 0.4) is 0 Å². The first-order valence-electron chi connectivity index (χ1n) is 11.1. The molecule has 0 radical (unpaired) electrons. The summed E-state index contributed by atoms with van der Waals surface area (Å²) < 4.78 is 5.59. The molecule has 2 aromatic rings. The van der Waals surface area contributed by atoms with Crippen molar-refractivity contribution in [1.82, 2.24) is 0 Å². The second-order valence-electron chi connectivity index (χ2n) is 7.17. The van der Waals surface area contributed by atoms with Crippen LogP contribution in [0.2, 0.25) is 0 Å². The zero-order valence-corrected chi connectivity index (χ0v) is 17.7. The molecule has 0 amide bonds. The number of hydrogen-bond acceptors (Lipinski definition) is 1. The summed E-state index contributed by atoms with van der Waals surface area (Å²) in [6.07, 6.45) is 13.4. The first-order valence-corrected chi connectivity index (χ1v) is 11.1. The van der Waals surface area contributed by atoms with Crippen LogP contribution in [0.4, 0.5) is 0 Å². The van der Waals surface area contributed by atoms with Crippen molar-refractivity contribution in [2.24, 2.45) is 0 Å². The van der Waals surface area contributed by atoms with Crippen LogP contribution >= 0.6 is 0 Å². The third kappa shape index (κ3) is 15.3. The van der Waals surface area contributed by atoms with Gasteiger partial charge in [0.15, 0.2) is 0 Å². The van der Waals surface area contributed by atoms with Gasteiger partial charge in [-0.2, -0.15) is 0 Å². The summed E-state index contributed by atoms with van der Waals surface area (Å²) in [7, 11) is 0. The molecule has 0 bridgehead atoms. The van der Waals surface area contributed by atoms with E-state index in [2.05, 4.69) is 62.4 Å². The number of hydrogen-bond donors (Lipinski definition) is 0. The average Bonchev–Trinajstić information content (AvgIpc) is 2.74. The van der Waals surface area contributed by atoms with E-state index < -0.39 is 0 Å². The van der Waals surface area contributed by atoms with Crippen LogP contribution in [-0.4, -0.2) is 42.8 Å². The number of benzene rings is 2. The van der Waals surface area contributed by atoms with Crippen LogP contribution < -0.4 is 0 Å². The summed E-state index contributed by atoms with van der Waals surface area (Å²) in [4.78, 5) is 0. The van der Waals surface area contributed by atoms with E-state index >= 15 is 0 Å². The molecule has 0 fully saturated rings. The Balaban J connectivity index is 0.000000510. The zero-order chi connectivity index (χ0) is 19.4. The van der Waals surface area contributed by atoms with Crippen molar-refractivity contribution >= 4 is 29.6 Å². The minimum Gasteiger partial charge on any atom is -0.0622 e. The summed E-state index contributed by atoms with van der Waals surface area (Å²) in [5.41, 5.74) is 2.55. The normalized spacial score (nSPS) is 9.93. The van der Waals surface area contributed by atoms with Crippen molar-refractivity contribution in [2.75, 3.05) is 13.2 Å². The Bertz CT molecular complexity index is 477. The summed E-state index contributed by atoms with van der Waals surface area (Å²) in [6, 6.07) is 20.8. The Morgan fingerprint density at radius 2 is 0.857 bits per heavy atom. The third-order valence-electron chi connectivity index (χ3n) is 4.67. The van der Waals surface area contributed by atoms with Crippen LogP contribution in [0, 0.1) is 0 Å². The predicted molar refractivity (Wildman–Crippen MR) is 127 cm³/mol. The van der Waals surface area contributed by atoms with Gasteiger partial charge in [-0.1, -0.05) is 126 Å². The fraction of sp³-hybridized carbons (Fsp3) is 0.538. The Morgan fingerprint density at radius 1 is 0.500 bits per heavy atom. The zero-order valence-electron chi connectivity index (χ0n) is 17.7. The van der Waals surface area contributed by atoms with E-state index in [1.165, 1.54) is 75.3 Å². The van der Waals surface area contributed by atoms with E-state index in [1.54, 1.807) is 0 Å². The van der Waals surface area contributed by atoms with Gasteiger partial charge in [0.1, 0.15) is 0 Å². The SMILES string of the molecule is CCCCCCCOCCCCCCC.[NaH].c1ccc(-c2ccccc2)cc1. The molecule has 2 rings (SSSR count). The van der Waals surface area contributed by atoms with Gasteiger partial charge in [0.05, 0.1) is 0 Å². The van der Waals surface area contributed by atoms with Gasteiger partial charge in [0, 0.05) is 13.2 Å². The predicted octanol–water partition coefficient (Wildman–Crippen LogP) is 7.65. The van der Waals surface area contributed by atoms with E-state index in [9.17, 15) is 0 Å². The molecule has 1 nitrogen and oxygen atoms in total. The van der Waals surface area contributed by atoms with Crippen LogP contribution in [0.5, 0.6) is 0 Å². The van der Waals surface area contributed by atoms with Crippen molar-refractivity contribution in [3.05, 3.63) is 60.7 Å². The van der Waals surface area contributed by atoms with Crippen LogP contribution in [0.25, 0.3) is 11.1 Å². The van der Waals surface area contributed by atoms with Gasteiger partial charge < -0.3 is 4.74 Å². The summed E-state index contributed by atoms with van der Waals surface area (Å²) in [5, 5.41) is 0. The maximum absolute atomic E-state index is 5.59. The first kappa shape index (κ1) is 27.4. The molecule has 0 aromatic heterocycles. The van der Waals surface area contributed by atoms with E-state index in [1.807, 2.05) is 12.1 Å². The summed E-state index contributed by atoms with van der Waals surface area (Å²) in [6.45, 7) is 6.48. The third-order valence-corrected chi connectivity index (χ3v) is 4.67. The summed E-state index contributed by atoms with van der Waals surface area (Å²) in [5.74, 6) is 0. The quantitative estimate of drug-likeness (QED) is 0.251. The van der Waals surface area contributed by atoms with Gasteiger partial charge >= 0.3 is 29.6 Å². The van der Waals surface area contributed by atoms with Crippen molar-refractivity contribution in [1.29, 1.82) is 0 Å². The van der Waals surface area contributed by atoms with E-state index in [-0.39, 0.29) is 29.6 Å². The van der Waals surface area contributed by atoms with Crippen molar-refractivity contribution < 1.29 is 4.74 Å². The van der Waals surface area contributed by atoms with E-state index in [0.29, 0.717) is 0 Å². The standard InChI is InChI=1S/C14H30O.C12H10.Na.H/c1-3-5-7-9-11-13-15-14-12-10-8-6-4-2;1-3-7-11(8-4-1)12-9-5-2-6-10-12;;/h3-14H2,1-2H3;1-10H;;. The van der Waals surface area contributed by atoms with E-state index in [0.717, 1.165) is 13.2 Å². The molecule has 0 N–H and O–H groups in total. The van der Waals surface area contributed by atoms with Crippen LogP contribution in [0.1, 0.15) is 78.1 Å². The fourth-order valence-corrected chi connectivity index (χ4v) is 2.98. The molecule has 0 saturated heterocycles. The number of unbranched alkanes of at least 4 members (excludes halogenated alkanes) is 8. The minimum absolute atomic E-state index is 0. The number of rotatable bonds is 13. The largest absolute Gasteiger partial charge is 0.0622 e. The topological polar surface area (TPSA) is 9.23 Å². The maximum atomic E-state index is 5.59. The van der Waals surface area contributed by atoms with Gasteiger partial charge in [-0.25, -0.2) is 0 Å². The van der Waals surface area contributed by atoms with Crippen molar-refractivity contribution in [2.45, 2.75) is 78.1 Å². The Kier molecular flexibility index (Phi) is 20.7. The monoisotopic (exact) mass is 392 g/mol. The maximum Gasteiger partial charge on any atom is -0.0184 e. The summed E-state index contributed by atoms with van der Waals surface area (Å²) >= 11 is 0. The van der Waals surface area contributed by atoms with E-state index in [4.69, 9.17) is 4.74 Å². The molecule has 0 aliphatic carbocycles. The first-order chi connectivity index (χ1) is 13.4. The second-order valence-corrected chi connectivity index (χ2v) is 7.17. The second kappa shape index (κ2) is 21.1. The molecular weight excluding hydrogens is 351 g/mol. The Hall–Kier alpha value is -0.600. The molecule has 2 aromatic carbocycles. The molecule has 0 heterocycles. The molecular formula is C26H41NaO. The van der Waals surface area contributed by atoms with Crippen molar-refractivity contribution in [3.63, 3.8) is 0 Å². The van der Waals surface area contributed by atoms with Crippen LogP contribution in [0.15, 0.2) is 60.7 Å². The smallest absolute Gasteiger partial charge is 0.0184 e. The number of ether oxygens (including phenoxy) is 1. The molecule has 0 saturated carbocycles. The molecule has 0 spiro atoms. The van der Waals surface area contributed by atoms with Gasteiger partial charge in [-0.15, -0.1) is 0 Å². The fourth-order valence-electron chi connectivity index (χ4n) is 2.98. The Labute approximate surface area is 196 Å². The molecule has 28 heavy (non-hydrogen) atoms. The van der Waals surface area contributed by atoms with Gasteiger partial charge in [0.25, 0.3) is 0 Å². The Morgan fingerprint density at radius 3 is 1.21 bits per heavy atom. The molecule has 2 heteroatoms. The molecule has 0 aliphatic rings. The minimum atomic E-state index is 0. The van der Waals surface area contributed by atoms with Crippen molar-refractivity contribution in [3.8, 4) is 11.1 Å². The molecule has 0 unspecified atom stereocenters. The van der Waals surface area contributed by atoms with Gasteiger partial charge in [-0.3, -0.25) is 0 Å². The molecule has 0 atom stereocenters.